The number of hydrogen-bond acceptors (Lipinski definition) is 4. The third-order valence-corrected chi connectivity index (χ3v) is 6.18. The minimum Gasteiger partial charge on any atom is -0.246 e. The molecule has 27 heavy (non-hydrogen) atoms. The molecule has 3 heterocycles. The number of azo groups is 1. The van der Waals surface area contributed by atoms with Crippen LogP contribution < -0.4 is 11.4 Å². The van der Waals surface area contributed by atoms with Crippen molar-refractivity contribution >= 4 is 0 Å². The van der Waals surface area contributed by atoms with E-state index in [0.29, 0.717) is 0 Å². The highest BCUT2D eigenvalue weighted by Crippen LogP contribution is 2.64. The Kier molecular flexibility index (Phi) is 2.80. The highest BCUT2D eigenvalue weighted by Gasteiger charge is 2.74. The number of nitrogens with zero attached hydrogens (tertiary/aromatic N) is 5. The standard InChI is InChI=1S/C20H19N5O2/c1-18(2)19(14-10-6-4-7-11-14)21-22-20(18,15-12-8-5-9-13-15)25-17(27)23(3)16(26)24(19)25/h4-13H,1-3H3/t19-,20+. The zero-order valence-corrected chi connectivity index (χ0v) is 15.3. The van der Waals surface area contributed by atoms with E-state index in [-0.39, 0.29) is 0 Å². The van der Waals surface area contributed by atoms with E-state index in [0.717, 1.165) is 15.7 Å². The highest BCUT2D eigenvalue weighted by atomic mass is 16.2. The van der Waals surface area contributed by atoms with Gasteiger partial charge < -0.3 is 0 Å². The average Bonchev–Trinajstić information content (AvgIpc) is 3.15. The minimum atomic E-state index is -1.10. The molecule has 0 aliphatic carbocycles. The Balaban J connectivity index is 2.00. The van der Waals surface area contributed by atoms with Gasteiger partial charge in [0.05, 0.1) is 5.41 Å². The molecule has 3 aromatic rings. The van der Waals surface area contributed by atoms with E-state index < -0.39 is 28.1 Å². The van der Waals surface area contributed by atoms with Gasteiger partial charge in [0.1, 0.15) is 0 Å². The third kappa shape index (κ3) is 1.47. The second-order valence-electron chi connectivity index (χ2n) is 7.65. The molecule has 0 N–H and O–H groups in total. The minimum absolute atomic E-state index is 0.395. The topological polar surface area (TPSA) is 73.7 Å². The number of aromatic nitrogens is 3. The van der Waals surface area contributed by atoms with E-state index in [2.05, 4.69) is 10.2 Å². The molecular weight excluding hydrogens is 342 g/mol. The summed E-state index contributed by atoms with van der Waals surface area (Å²) in [4.78, 5) is 26.2. The van der Waals surface area contributed by atoms with Gasteiger partial charge >= 0.3 is 11.4 Å². The van der Waals surface area contributed by atoms with Crippen LogP contribution in [-0.4, -0.2) is 13.9 Å². The van der Waals surface area contributed by atoms with Gasteiger partial charge in [-0.1, -0.05) is 74.5 Å². The van der Waals surface area contributed by atoms with Gasteiger partial charge in [-0.25, -0.2) is 14.2 Å². The van der Waals surface area contributed by atoms with Gasteiger partial charge in [0.25, 0.3) is 0 Å². The molecular formula is C20H19N5O2. The van der Waals surface area contributed by atoms with Crippen molar-refractivity contribution in [3.8, 4) is 0 Å². The van der Waals surface area contributed by atoms with Crippen LogP contribution in [0.3, 0.4) is 0 Å². The van der Waals surface area contributed by atoms with Crippen LogP contribution in [0.1, 0.15) is 25.0 Å². The van der Waals surface area contributed by atoms with Gasteiger partial charge in [-0.2, -0.15) is 19.6 Å². The molecule has 2 bridgehead atoms. The quantitative estimate of drug-likeness (QED) is 0.702. The van der Waals surface area contributed by atoms with Crippen molar-refractivity contribution in [2.24, 2.45) is 22.7 Å². The molecule has 2 atom stereocenters. The Labute approximate surface area is 155 Å². The fraction of sp³-hybridized carbons (Fsp3) is 0.300. The van der Waals surface area contributed by atoms with Crippen molar-refractivity contribution in [1.29, 1.82) is 0 Å². The van der Waals surface area contributed by atoms with Crippen molar-refractivity contribution < 1.29 is 0 Å². The van der Waals surface area contributed by atoms with E-state index in [1.807, 2.05) is 74.5 Å². The fourth-order valence-electron chi connectivity index (χ4n) is 4.78. The van der Waals surface area contributed by atoms with Gasteiger partial charge in [0.2, 0.25) is 11.3 Å². The van der Waals surface area contributed by atoms with E-state index in [1.54, 1.807) is 0 Å². The van der Waals surface area contributed by atoms with Crippen LogP contribution in [0.5, 0.6) is 0 Å². The van der Waals surface area contributed by atoms with Crippen LogP contribution >= 0.6 is 0 Å². The highest BCUT2D eigenvalue weighted by molar-refractivity contribution is 5.41. The molecule has 5 rings (SSSR count). The first kappa shape index (κ1) is 16.0. The lowest BCUT2D eigenvalue weighted by Gasteiger charge is -2.37. The van der Waals surface area contributed by atoms with Crippen LogP contribution in [0.2, 0.25) is 0 Å². The van der Waals surface area contributed by atoms with Crippen molar-refractivity contribution in [1.82, 2.24) is 13.9 Å². The third-order valence-electron chi connectivity index (χ3n) is 6.18. The first-order valence-electron chi connectivity index (χ1n) is 8.87. The summed E-state index contributed by atoms with van der Waals surface area (Å²) in [5.74, 6) is 0. The first-order chi connectivity index (χ1) is 12.9. The average molecular weight is 361 g/mol. The molecule has 0 radical (unpaired) electrons. The van der Waals surface area contributed by atoms with Crippen molar-refractivity contribution in [3.63, 3.8) is 0 Å². The summed E-state index contributed by atoms with van der Waals surface area (Å²) in [6.45, 7) is 4.04. The predicted octanol–water partition coefficient (Wildman–Crippen LogP) is 2.26. The molecule has 2 aliphatic rings. The van der Waals surface area contributed by atoms with Crippen molar-refractivity contribution in [3.05, 3.63) is 92.8 Å². The summed E-state index contributed by atoms with van der Waals surface area (Å²) in [6.07, 6.45) is 0. The Morgan fingerprint density at radius 3 is 1.44 bits per heavy atom. The summed E-state index contributed by atoms with van der Waals surface area (Å²) in [5.41, 5.74) is -2.01. The molecule has 2 aromatic carbocycles. The summed E-state index contributed by atoms with van der Waals surface area (Å²) < 4.78 is 4.11. The Morgan fingerprint density at radius 2 is 1.07 bits per heavy atom. The molecule has 7 heteroatoms. The number of rotatable bonds is 2. The van der Waals surface area contributed by atoms with Gasteiger partial charge in [0, 0.05) is 18.2 Å². The predicted molar refractivity (Wildman–Crippen MR) is 99.6 cm³/mol. The summed E-state index contributed by atoms with van der Waals surface area (Å²) >= 11 is 0. The smallest absolute Gasteiger partial charge is 0.246 e. The molecule has 0 amide bonds. The number of benzene rings is 2. The maximum atomic E-state index is 13.1. The SMILES string of the molecule is Cn1c(=O)n2n(c1=O)[C@]1(c3ccccc3)N=N[C@@]2(c2ccccc2)C1(C)C. The lowest BCUT2D eigenvalue weighted by molar-refractivity contribution is 0.136. The Bertz CT molecular complexity index is 1110. The van der Waals surface area contributed by atoms with E-state index >= 15 is 0 Å². The van der Waals surface area contributed by atoms with Gasteiger partial charge in [0.15, 0.2) is 0 Å². The molecule has 136 valence electrons. The van der Waals surface area contributed by atoms with E-state index in [1.165, 1.54) is 16.4 Å². The Hall–Kier alpha value is -3.22. The summed E-state index contributed by atoms with van der Waals surface area (Å²) in [7, 11) is 1.49. The lowest BCUT2D eigenvalue weighted by atomic mass is 9.67. The molecule has 0 spiro atoms. The van der Waals surface area contributed by atoms with E-state index in [4.69, 9.17) is 0 Å². The molecule has 0 saturated carbocycles. The second kappa shape index (κ2) is 4.73. The van der Waals surface area contributed by atoms with Crippen molar-refractivity contribution in [2.75, 3.05) is 0 Å². The zero-order chi connectivity index (χ0) is 19.0. The van der Waals surface area contributed by atoms with Crippen LogP contribution in [-0.2, 0) is 18.4 Å². The lowest BCUT2D eigenvalue weighted by Crippen LogP contribution is -2.50. The number of fused-ring (bicyclic) bond motifs is 5. The maximum Gasteiger partial charge on any atom is 0.349 e. The van der Waals surface area contributed by atoms with Crippen LogP contribution in [0.4, 0.5) is 0 Å². The molecule has 2 aliphatic heterocycles. The van der Waals surface area contributed by atoms with Gasteiger partial charge in [-0.3, -0.25) is 0 Å². The zero-order valence-electron chi connectivity index (χ0n) is 15.3. The maximum absolute atomic E-state index is 13.1. The van der Waals surface area contributed by atoms with Crippen molar-refractivity contribution in [2.45, 2.75) is 25.2 Å². The summed E-state index contributed by atoms with van der Waals surface area (Å²) in [6, 6.07) is 19.2. The Morgan fingerprint density at radius 1 is 0.704 bits per heavy atom. The van der Waals surface area contributed by atoms with Crippen LogP contribution in [0.25, 0.3) is 0 Å². The van der Waals surface area contributed by atoms with Gasteiger partial charge in [-0.15, -0.1) is 0 Å². The molecule has 7 nitrogen and oxygen atoms in total. The summed E-state index contributed by atoms with van der Waals surface area (Å²) in [5, 5.41) is 9.36. The van der Waals surface area contributed by atoms with E-state index in [9.17, 15) is 9.59 Å². The molecule has 0 saturated heterocycles. The molecule has 1 aromatic heterocycles. The fourth-order valence-corrected chi connectivity index (χ4v) is 4.78. The molecule has 0 fully saturated rings. The van der Waals surface area contributed by atoms with Crippen LogP contribution in [0, 0.1) is 5.41 Å². The van der Waals surface area contributed by atoms with Gasteiger partial charge in [-0.05, 0) is 0 Å². The normalized spacial score (nSPS) is 27.1. The largest absolute Gasteiger partial charge is 0.349 e. The van der Waals surface area contributed by atoms with Crippen LogP contribution in [0.15, 0.2) is 80.5 Å². The molecule has 0 unspecified atom stereocenters. The number of hydrogen-bond donors (Lipinski definition) is 0. The monoisotopic (exact) mass is 361 g/mol. The first-order valence-corrected chi connectivity index (χ1v) is 8.87. The second-order valence-corrected chi connectivity index (χ2v) is 7.65.